The molecule has 3 heteroatoms. The lowest BCUT2D eigenvalue weighted by Gasteiger charge is -2.15. The van der Waals surface area contributed by atoms with E-state index in [4.69, 9.17) is 0 Å². The Morgan fingerprint density at radius 2 is 2.21 bits per heavy atom. The van der Waals surface area contributed by atoms with Gasteiger partial charge in [0.1, 0.15) is 11.9 Å². The number of rotatable bonds is 2. The molecule has 0 fully saturated rings. The first-order valence-corrected chi connectivity index (χ1v) is 4.54. The molecule has 0 saturated heterocycles. The van der Waals surface area contributed by atoms with Crippen LogP contribution in [-0.4, -0.2) is 15.7 Å². The van der Waals surface area contributed by atoms with Crippen LogP contribution in [0.2, 0.25) is 0 Å². The van der Waals surface area contributed by atoms with Gasteiger partial charge in [0.25, 0.3) is 0 Å². The number of pyridine rings is 1. The highest BCUT2D eigenvalue weighted by Gasteiger charge is 2.23. The summed E-state index contributed by atoms with van der Waals surface area (Å²) in [6.45, 7) is 3.77. The van der Waals surface area contributed by atoms with Crippen molar-refractivity contribution in [2.24, 2.45) is 0 Å². The van der Waals surface area contributed by atoms with E-state index in [0.29, 0.717) is 0 Å². The summed E-state index contributed by atoms with van der Waals surface area (Å²) in [5.41, 5.74) is 1.31. The smallest absolute Gasteiger partial charge is 0.136 e. The fourth-order valence-electron chi connectivity index (χ4n) is 1.47. The first kappa shape index (κ1) is 8.94. The molecular weight excluding hydrogens is 176 g/mol. The molecule has 0 spiro atoms. The molecule has 2 rings (SSSR count). The zero-order valence-electron chi connectivity index (χ0n) is 8.27. The van der Waals surface area contributed by atoms with E-state index >= 15 is 0 Å². The van der Waals surface area contributed by atoms with Crippen LogP contribution in [0.5, 0.6) is 0 Å². The molecule has 0 aliphatic heterocycles. The number of carbonyl (C=O) groups is 1. The highest BCUT2D eigenvalue weighted by Crippen LogP contribution is 2.21. The Balaban J connectivity index is 2.70. The molecule has 0 saturated carbocycles. The molecule has 2 aromatic heterocycles. The van der Waals surface area contributed by atoms with Gasteiger partial charge in [-0.25, -0.2) is 4.98 Å². The van der Waals surface area contributed by atoms with Crippen molar-refractivity contribution in [1.29, 1.82) is 0 Å². The maximum Gasteiger partial charge on any atom is 0.136 e. The highest BCUT2D eigenvalue weighted by molar-refractivity contribution is 5.66. The Hall–Kier alpha value is -1.64. The Bertz CT molecular complexity index is 471. The molecule has 0 N–H and O–H groups in total. The summed E-state index contributed by atoms with van der Waals surface area (Å²) in [5.74, 6) is 0. The molecule has 0 aliphatic rings. The van der Waals surface area contributed by atoms with Crippen molar-refractivity contribution >= 4 is 11.9 Å². The molecule has 0 atom stereocenters. The third kappa shape index (κ3) is 1.21. The van der Waals surface area contributed by atoms with Gasteiger partial charge in [0.15, 0.2) is 0 Å². The van der Waals surface area contributed by atoms with Crippen LogP contribution < -0.4 is 0 Å². The van der Waals surface area contributed by atoms with E-state index in [-0.39, 0.29) is 0 Å². The van der Waals surface area contributed by atoms with Crippen molar-refractivity contribution in [1.82, 2.24) is 9.38 Å². The lowest BCUT2D eigenvalue weighted by atomic mass is 9.92. The lowest BCUT2D eigenvalue weighted by Crippen LogP contribution is -2.20. The van der Waals surface area contributed by atoms with E-state index in [2.05, 4.69) is 4.98 Å². The largest absolute Gasteiger partial charge is 0.303 e. The fourth-order valence-corrected chi connectivity index (χ4v) is 1.47. The number of imidazole rings is 1. The second-order valence-corrected chi connectivity index (χ2v) is 3.91. The van der Waals surface area contributed by atoms with Gasteiger partial charge >= 0.3 is 0 Å². The minimum atomic E-state index is -0.485. The molecule has 72 valence electrons. The number of hydrogen-bond acceptors (Lipinski definition) is 2. The summed E-state index contributed by atoms with van der Waals surface area (Å²) in [7, 11) is 0. The predicted molar refractivity (Wildman–Crippen MR) is 54.3 cm³/mol. The van der Waals surface area contributed by atoms with Gasteiger partial charge in [-0.1, -0.05) is 6.07 Å². The summed E-state index contributed by atoms with van der Waals surface area (Å²) in [5, 5.41) is 0. The maximum atomic E-state index is 10.9. The molecule has 0 bridgehead atoms. The molecule has 2 heterocycles. The summed E-state index contributed by atoms with van der Waals surface area (Å²) in [6, 6.07) is 5.78. The normalized spacial score (nSPS) is 11.9. The van der Waals surface area contributed by atoms with Crippen molar-refractivity contribution in [2.75, 3.05) is 0 Å². The number of nitrogens with zero attached hydrogens (tertiary/aromatic N) is 2. The second-order valence-electron chi connectivity index (χ2n) is 3.91. The van der Waals surface area contributed by atoms with E-state index in [1.54, 1.807) is 6.20 Å². The average Bonchev–Trinajstić information content (AvgIpc) is 2.61. The predicted octanol–water partition coefficient (Wildman–Crippen LogP) is 1.81. The van der Waals surface area contributed by atoms with Gasteiger partial charge in [0.05, 0.1) is 17.3 Å². The molecular formula is C11H12N2O. The number of aromatic nitrogens is 2. The molecule has 0 aromatic carbocycles. The minimum absolute atomic E-state index is 0.485. The van der Waals surface area contributed by atoms with Gasteiger partial charge in [-0.2, -0.15) is 0 Å². The molecule has 3 nitrogen and oxygen atoms in total. The topological polar surface area (TPSA) is 34.4 Å². The zero-order chi connectivity index (χ0) is 10.2. The van der Waals surface area contributed by atoms with Crippen LogP contribution in [0.1, 0.15) is 19.5 Å². The van der Waals surface area contributed by atoms with Gasteiger partial charge in [-0.3, -0.25) is 0 Å². The summed E-state index contributed by atoms with van der Waals surface area (Å²) >= 11 is 0. The molecule has 14 heavy (non-hydrogen) atoms. The van der Waals surface area contributed by atoms with Crippen LogP contribution in [0.3, 0.4) is 0 Å². The van der Waals surface area contributed by atoms with Crippen LogP contribution in [0.15, 0.2) is 30.6 Å². The minimum Gasteiger partial charge on any atom is -0.303 e. The van der Waals surface area contributed by atoms with Crippen LogP contribution in [0.25, 0.3) is 5.65 Å². The fraction of sp³-hybridized carbons (Fsp3) is 0.273. The maximum absolute atomic E-state index is 10.9. The number of carbonyl (C=O) groups excluding carboxylic acids is 1. The van der Waals surface area contributed by atoms with E-state index in [0.717, 1.165) is 17.6 Å². The van der Waals surface area contributed by atoms with Gasteiger partial charge < -0.3 is 9.20 Å². The zero-order valence-corrected chi connectivity index (χ0v) is 8.27. The Morgan fingerprint density at radius 1 is 1.43 bits per heavy atom. The Morgan fingerprint density at radius 3 is 2.93 bits per heavy atom. The summed E-state index contributed by atoms with van der Waals surface area (Å²) in [4.78, 5) is 15.2. The van der Waals surface area contributed by atoms with Gasteiger partial charge in [-0.15, -0.1) is 0 Å². The quantitative estimate of drug-likeness (QED) is 0.673. The molecule has 0 radical (unpaired) electrons. The molecule has 0 amide bonds. The summed E-state index contributed by atoms with van der Waals surface area (Å²) in [6.07, 6.45) is 4.62. The van der Waals surface area contributed by atoms with Crippen LogP contribution in [0, 0.1) is 0 Å². The Labute approximate surface area is 82.4 Å². The SMILES string of the molecule is CC(C)(C=O)c1cnc2ccccn12. The number of hydrogen-bond donors (Lipinski definition) is 0. The first-order chi connectivity index (χ1) is 6.65. The van der Waals surface area contributed by atoms with Crippen molar-refractivity contribution in [3.05, 3.63) is 36.3 Å². The number of fused-ring (bicyclic) bond motifs is 1. The van der Waals surface area contributed by atoms with Gasteiger partial charge in [-0.05, 0) is 26.0 Å². The molecule has 0 unspecified atom stereocenters. The van der Waals surface area contributed by atoms with Crippen LogP contribution in [0.4, 0.5) is 0 Å². The van der Waals surface area contributed by atoms with Crippen molar-refractivity contribution in [3.8, 4) is 0 Å². The standard InChI is InChI=1S/C11H12N2O/c1-11(2,8-14)9-7-12-10-5-3-4-6-13(9)10/h3-8H,1-2H3. The second kappa shape index (κ2) is 2.94. The van der Waals surface area contributed by atoms with E-state index in [1.165, 1.54) is 0 Å². The monoisotopic (exact) mass is 188 g/mol. The van der Waals surface area contributed by atoms with Crippen LogP contribution >= 0.6 is 0 Å². The third-order valence-corrected chi connectivity index (χ3v) is 2.37. The summed E-state index contributed by atoms with van der Waals surface area (Å²) < 4.78 is 1.94. The van der Waals surface area contributed by atoms with E-state index < -0.39 is 5.41 Å². The molecule has 2 aromatic rings. The highest BCUT2D eigenvalue weighted by atomic mass is 16.1. The van der Waals surface area contributed by atoms with E-state index in [1.807, 2.05) is 42.6 Å². The molecule has 0 aliphatic carbocycles. The van der Waals surface area contributed by atoms with Crippen molar-refractivity contribution in [3.63, 3.8) is 0 Å². The first-order valence-electron chi connectivity index (χ1n) is 4.54. The lowest BCUT2D eigenvalue weighted by molar-refractivity contribution is -0.111. The van der Waals surface area contributed by atoms with Crippen LogP contribution in [-0.2, 0) is 10.2 Å². The van der Waals surface area contributed by atoms with Crippen molar-refractivity contribution < 1.29 is 4.79 Å². The number of aldehydes is 1. The average molecular weight is 188 g/mol. The van der Waals surface area contributed by atoms with Gasteiger partial charge in [0.2, 0.25) is 0 Å². The third-order valence-electron chi connectivity index (χ3n) is 2.37. The van der Waals surface area contributed by atoms with Crippen molar-refractivity contribution in [2.45, 2.75) is 19.3 Å². The van der Waals surface area contributed by atoms with E-state index in [9.17, 15) is 4.79 Å². The Kier molecular flexibility index (Phi) is 1.88. The van der Waals surface area contributed by atoms with Gasteiger partial charge in [0, 0.05) is 6.20 Å².